The van der Waals surface area contributed by atoms with Gasteiger partial charge in [-0.05, 0) is 61.1 Å². The van der Waals surface area contributed by atoms with E-state index in [2.05, 4.69) is 0 Å². The molecule has 0 amide bonds. The van der Waals surface area contributed by atoms with Gasteiger partial charge in [0.05, 0.1) is 0 Å². The lowest BCUT2D eigenvalue weighted by atomic mass is 10.0. The molecule has 28 heavy (non-hydrogen) atoms. The Labute approximate surface area is 160 Å². The van der Waals surface area contributed by atoms with Crippen LogP contribution in [0.4, 0.5) is 37.7 Å². The maximum absolute atomic E-state index is 12.7. The molecule has 0 saturated carbocycles. The minimum absolute atomic E-state index is 0.181. The third kappa shape index (κ3) is 5.45. The lowest BCUT2D eigenvalue weighted by Gasteiger charge is -2.26. The minimum atomic E-state index is -4.45. The first-order chi connectivity index (χ1) is 13.1. The molecule has 0 atom stereocenters. The summed E-state index contributed by atoms with van der Waals surface area (Å²) < 4.78 is 76.4. The van der Waals surface area contributed by atoms with Crippen LogP contribution in [0, 0.1) is 0 Å². The standard InChI is InChI=1S/C20H22F6N2/c21-19(22,23)7-5-15-14-18(28-11-3-4-12-28)16(6-8-20(24,25)26)13-17(15)27-9-1-2-10-27/h5-8,13-14H,1-4,9-12H2/b7-5+,8-6+. The molecule has 0 bridgehead atoms. The van der Waals surface area contributed by atoms with Gasteiger partial charge in [0, 0.05) is 49.7 Å². The van der Waals surface area contributed by atoms with Gasteiger partial charge in [-0.2, -0.15) is 26.3 Å². The Kier molecular flexibility index (Phi) is 5.95. The van der Waals surface area contributed by atoms with Crippen LogP contribution in [-0.4, -0.2) is 38.5 Å². The van der Waals surface area contributed by atoms with Gasteiger partial charge in [-0.15, -0.1) is 0 Å². The highest BCUT2D eigenvalue weighted by atomic mass is 19.4. The fourth-order valence-electron chi connectivity index (χ4n) is 3.71. The Morgan fingerprint density at radius 1 is 0.607 bits per heavy atom. The molecule has 2 fully saturated rings. The molecule has 2 saturated heterocycles. The molecule has 2 nitrogen and oxygen atoms in total. The van der Waals surface area contributed by atoms with E-state index in [1.54, 1.807) is 12.1 Å². The summed E-state index contributed by atoms with van der Waals surface area (Å²) in [5, 5.41) is 0. The Morgan fingerprint density at radius 3 is 1.21 bits per heavy atom. The summed E-state index contributed by atoms with van der Waals surface area (Å²) in [6.07, 6.45) is -2.88. The molecule has 154 valence electrons. The largest absolute Gasteiger partial charge is 0.409 e. The highest BCUT2D eigenvalue weighted by Crippen LogP contribution is 2.36. The van der Waals surface area contributed by atoms with Crippen LogP contribution in [0.25, 0.3) is 12.2 Å². The summed E-state index contributed by atoms with van der Waals surface area (Å²) in [7, 11) is 0. The minimum Gasteiger partial charge on any atom is -0.371 e. The molecule has 0 aromatic heterocycles. The third-order valence-electron chi connectivity index (χ3n) is 4.97. The van der Waals surface area contributed by atoms with Crippen molar-refractivity contribution < 1.29 is 26.3 Å². The predicted octanol–water partition coefficient (Wildman–Crippen LogP) is 6.04. The van der Waals surface area contributed by atoms with Gasteiger partial charge in [0.25, 0.3) is 0 Å². The van der Waals surface area contributed by atoms with Crippen LogP contribution >= 0.6 is 0 Å². The zero-order chi connectivity index (χ0) is 20.4. The van der Waals surface area contributed by atoms with E-state index in [9.17, 15) is 26.3 Å². The number of nitrogens with zero attached hydrogens (tertiary/aromatic N) is 2. The first kappa shape index (κ1) is 20.6. The molecule has 0 spiro atoms. The van der Waals surface area contributed by atoms with Crippen LogP contribution in [0.2, 0.25) is 0 Å². The number of benzene rings is 1. The molecule has 2 aliphatic rings. The van der Waals surface area contributed by atoms with Crippen molar-refractivity contribution in [1.82, 2.24) is 0 Å². The van der Waals surface area contributed by atoms with Crippen molar-refractivity contribution in [2.75, 3.05) is 36.0 Å². The second-order valence-corrected chi connectivity index (χ2v) is 7.11. The van der Waals surface area contributed by atoms with Gasteiger partial charge < -0.3 is 9.80 Å². The number of anilines is 2. The molecule has 1 aromatic rings. The Balaban J connectivity index is 2.10. The normalized spacial score (nSPS) is 18.9. The number of rotatable bonds is 4. The third-order valence-corrected chi connectivity index (χ3v) is 4.97. The summed E-state index contributed by atoms with van der Waals surface area (Å²) in [5.74, 6) is 0. The van der Waals surface area contributed by atoms with Crippen LogP contribution in [0.1, 0.15) is 36.8 Å². The highest BCUT2D eigenvalue weighted by molar-refractivity contribution is 5.80. The first-order valence-corrected chi connectivity index (χ1v) is 9.32. The number of hydrogen-bond donors (Lipinski definition) is 0. The van der Waals surface area contributed by atoms with E-state index in [0.29, 0.717) is 48.7 Å². The quantitative estimate of drug-likeness (QED) is 0.565. The maximum atomic E-state index is 12.7. The first-order valence-electron chi connectivity index (χ1n) is 9.32. The van der Waals surface area contributed by atoms with Crippen LogP contribution < -0.4 is 9.80 Å². The van der Waals surface area contributed by atoms with Gasteiger partial charge in [0.15, 0.2) is 0 Å². The molecule has 0 radical (unpaired) electrons. The van der Waals surface area contributed by atoms with E-state index >= 15 is 0 Å². The molecule has 8 heteroatoms. The Morgan fingerprint density at radius 2 is 0.929 bits per heavy atom. The lowest BCUT2D eigenvalue weighted by Crippen LogP contribution is -2.22. The second-order valence-electron chi connectivity index (χ2n) is 7.11. The fourth-order valence-corrected chi connectivity index (χ4v) is 3.71. The second kappa shape index (κ2) is 8.09. The van der Waals surface area contributed by atoms with Crippen molar-refractivity contribution in [2.24, 2.45) is 0 Å². The van der Waals surface area contributed by atoms with Crippen molar-refractivity contribution in [2.45, 2.75) is 38.0 Å². The number of halogens is 6. The summed E-state index contributed by atoms with van der Waals surface area (Å²) in [4.78, 5) is 3.88. The summed E-state index contributed by atoms with van der Waals surface area (Å²) >= 11 is 0. The van der Waals surface area contributed by atoms with Crippen LogP contribution in [0.5, 0.6) is 0 Å². The fraction of sp³-hybridized carbons (Fsp3) is 0.500. The van der Waals surface area contributed by atoms with Crippen molar-refractivity contribution in [3.05, 3.63) is 35.4 Å². The molecule has 0 aliphatic carbocycles. The van der Waals surface area contributed by atoms with E-state index in [4.69, 9.17) is 0 Å². The van der Waals surface area contributed by atoms with E-state index in [1.807, 2.05) is 9.80 Å². The summed E-state index contributed by atoms with van der Waals surface area (Å²) in [6, 6.07) is 3.19. The van der Waals surface area contributed by atoms with Gasteiger partial charge in [-0.1, -0.05) is 0 Å². The van der Waals surface area contributed by atoms with Crippen molar-refractivity contribution >= 4 is 23.5 Å². The zero-order valence-corrected chi connectivity index (χ0v) is 15.3. The van der Waals surface area contributed by atoms with E-state index in [1.165, 1.54) is 0 Å². The van der Waals surface area contributed by atoms with Crippen LogP contribution in [0.3, 0.4) is 0 Å². The lowest BCUT2D eigenvalue weighted by molar-refractivity contribution is -0.0800. The summed E-state index contributed by atoms with van der Waals surface area (Å²) in [5.41, 5.74) is 1.85. The van der Waals surface area contributed by atoms with Crippen LogP contribution in [-0.2, 0) is 0 Å². The SMILES string of the molecule is FC(F)(F)/C=C/c1cc(N2CCCC2)c(/C=C/C(F)(F)F)cc1N1CCCC1. The molecule has 2 heterocycles. The zero-order valence-electron chi connectivity index (χ0n) is 15.3. The van der Waals surface area contributed by atoms with E-state index in [-0.39, 0.29) is 12.2 Å². The molecule has 1 aromatic carbocycles. The van der Waals surface area contributed by atoms with Crippen LogP contribution in [0.15, 0.2) is 24.3 Å². The predicted molar refractivity (Wildman–Crippen MR) is 99.5 cm³/mol. The van der Waals surface area contributed by atoms with Gasteiger partial charge >= 0.3 is 12.4 Å². The molecule has 0 unspecified atom stereocenters. The monoisotopic (exact) mass is 404 g/mol. The average molecular weight is 404 g/mol. The van der Waals surface area contributed by atoms with E-state index in [0.717, 1.165) is 37.8 Å². The molecular formula is C20H22F6N2. The molecular weight excluding hydrogens is 382 g/mol. The molecule has 3 rings (SSSR count). The topological polar surface area (TPSA) is 6.48 Å². The smallest absolute Gasteiger partial charge is 0.371 e. The molecule has 2 aliphatic heterocycles. The Hall–Kier alpha value is -2.12. The van der Waals surface area contributed by atoms with Gasteiger partial charge in [-0.25, -0.2) is 0 Å². The van der Waals surface area contributed by atoms with Crippen molar-refractivity contribution in [3.8, 4) is 0 Å². The van der Waals surface area contributed by atoms with Crippen molar-refractivity contribution in [1.29, 1.82) is 0 Å². The van der Waals surface area contributed by atoms with Gasteiger partial charge in [0.2, 0.25) is 0 Å². The Bertz CT molecular complexity index is 673. The van der Waals surface area contributed by atoms with E-state index < -0.39 is 12.4 Å². The highest BCUT2D eigenvalue weighted by Gasteiger charge is 2.26. The average Bonchev–Trinajstić information content (AvgIpc) is 3.29. The van der Waals surface area contributed by atoms with Gasteiger partial charge in [0.1, 0.15) is 0 Å². The number of allylic oxidation sites excluding steroid dienone is 2. The summed E-state index contributed by atoms with van der Waals surface area (Å²) in [6.45, 7) is 2.72. The van der Waals surface area contributed by atoms with Crippen molar-refractivity contribution in [3.63, 3.8) is 0 Å². The van der Waals surface area contributed by atoms with Gasteiger partial charge in [-0.3, -0.25) is 0 Å². The maximum Gasteiger partial charge on any atom is 0.409 e. The number of hydrogen-bond acceptors (Lipinski definition) is 2. The molecule has 0 N–H and O–H groups in total. The number of alkyl halides is 6.